The summed E-state index contributed by atoms with van der Waals surface area (Å²) in [5, 5.41) is 0.357. The van der Waals surface area contributed by atoms with Gasteiger partial charge in [-0.15, -0.1) is 6.58 Å². The van der Waals surface area contributed by atoms with Crippen molar-refractivity contribution in [2.24, 2.45) is 0 Å². The van der Waals surface area contributed by atoms with E-state index in [-0.39, 0.29) is 35.2 Å². The molecular weight excluding hydrogens is 620 g/mol. The standard InChI is InChI=1S/C29H37BrClF2N5O3/c1-6-18-15-38(27(39)41-28(3,4)5)19(7-2)14-37(18)25-22-20(30)11-21(31)23(33)24(22)34-26(35-25)40-16-29-9-8-10-36(29)13-17(32)12-29/h6,11,17-19H,1,7-10,12-16H2,2-5H3/t17-,18-,19-,29+/m1/s1. The third-order valence-corrected chi connectivity index (χ3v) is 9.19. The van der Waals surface area contributed by atoms with Crippen LogP contribution in [0.3, 0.4) is 0 Å². The van der Waals surface area contributed by atoms with Crippen LogP contribution in [0.4, 0.5) is 19.4 Å². The maximum atomic E-state index is 15.5. The highest BCUT2D eigenvalue weighted by atomic mass is 79.9. The summed E-state index contributed by atoms with van der Waals surface area (Å²) in [7, 11) is 0. The van der Waals surface area contributed by atoms with Gasteiger partial charge in [0.15, 0.2) is 5.82 Å². The number of amides is 1. The Hall–Kier alpha value is -2.24. The minimum absolute atomic E-state index is 0.00506. The molecule has 0 N–H and O–H groups in total. The predicted molar refractivity (Wildman–Crippen MR) is 159 cm³/mol. The zero-order chi connectivity index (χ0) is 29.7. The lowest BCUT2D eigenvalue weighted by Gasteiger charge is -2.46. The molecule has 3 aliphatic heterocycles. The first kappa shape index (κ1) is 30.2. The molecule has 12 heteroatoms. The molecule has 3 fully saturated rings. The fourth-order valence-corrected chi connectivity index (χ4v) is 7.26. The molecule has 0 spiro atoms. The molecule has 0 saturated carbocycles. The fourth-order valence-electron chi connectivity index (χ4n) is 6.34. The molecule has 0 aliphatic carbocycles. The van der Waals surface area contributed by atoms with Crippen molar-refractivity contribution < 1.29 is 23.0 Å². The molecule has 0 unspecified atom stereocenters. The molecule has 1 aromatic carbocycles. The molecular formula is C29H37BrClF2N5O3. The lowest BCUT2D eigenvalue weighted by Crippen LogP contribution is -2.60. The second-order valence-corrected chi connectivity index (χ2v) is 13.5. The van der Waals surface area contributed by atoms with Crippen molar-refractivity contribution in [3.63, 3.8) is 0 Å². The largest absolute Gasteiger partial charge is 0.461 e. The normalized spacial score (nSPS) is 26.9. The third kappa shape index (κ3) is 5.86. The highest BCUT2D eigenvalue weighted by molar-refractivity contribution is 9.10. The summed E-state index contributed by atoms with van der Waals surface area (Å²) in [6.07, 6.45) is 3.29. The molecule has 1 aromatic heterocycles. The van der Waals surface area contributed by atoms with E-state index in [1.54, 1.807) is 11.0 Å². The topological polar surface area (TPSA) is 71.0 Å². The molecule has 224 valence electrons. The third-order valence-electron chi connectivity index (χ3n) is 8.29. The van der Waals surface area contributed by atoms with E-state index < -0.39 is 29.2 Å². The Balaban J connectivity index is 1.53. The summed E-state index contributed by atoms with van der Waals surface area (Å²) in [4.78, 5) is 28.2. The number of hydrogen-bond acceptors (Lipinski definition) is 7. The van der Waals surface area contributed by atoms with Gasteiger partial charge in [-0.2, -0.15) is 9.97 Å². The molecule has 0 radical (unpaired) electrons. The van der Waals surface area contributed by atoms with Crippen molar-refractivity contribution >= 4 is 50.3 Å². The van der Waals surface area contributed by atoms with Gasteiger partial charge >= 0.3 is 12.1 Å². The number of aromatic nitrogens is 2. The molecule has 2 aromatic rings. The molecule has 5 rings (SSSR count). The minimum atomic E-state index is -0.903. The number of nitrogens with zero attached hydrogens (tertiary/aromatic N) is 5. The maximum absolute atomic E-state index is 15.5. The average Bonchev–Trinajstić information content (AvgIpc) is 3.43. The van der Waals surface area contributed by atoms with Gasteiger partial charge in [-0.05, 0) is 68.6 Å². The van der Waals surface area contributed by atoms with Crippen LogP contribution in [0.5, 0.6) is 6.01 Å². The number of anilines is 1. The Labute approximate surface area is 253 Å². The summed E-state index contributed by atoms with van der Waals surface area (Å²) in [5.74, 6) is -0.242. The molecule has 0 bridgehead atoms. The SMILES string of the molecule is C=C[C@@H]1CN(C(=O)OC(C)(C)C)[C@H](CC)CN1c1nc(OC[C@@]23CCCN2C[C@H](F)C3)nc2c(F)c(Cl)cc(Br)c12. The van der Waals surface area contributed by atoms with Crippen molar-refractivity contribution in [3.05, 3.63) is 34.0 Å². The Morgan fingerprint density at radius 3 is 2.76 bits per heavy atom. The number of carbonyl (C=O) groups is 1. The summed E-state index contributed by atoms with van der Waals surface area (Å²) in [6, 6.07) is 0.929. The van der Waals surface area contributed by atoms with Crippen LogP contribution in [0.15, 0.2) is 23.2 Å². The number of hydrogen-bond donors (Lipinski definition) is 0. The van der Waals surface area contributed by atoms with Crippen LogP contribution >= 0.6 is 27.5 Å². The number of halogens is 4. The first-order chi connectivity index (χ1) is 19.4. The smallest absolute Gasteiger partial charge is 0.410 e. The predicted octanol–water partition coefficient (Wildman–Crippen LogP) is 6.53. The van der Waals surface area contributed by atoms with E-state index in [2.05, 4.69) is 32.4 Å². The van der Waals surface area contributed by atoms with Crippen LogP contribution in [0.1, 0.15) is 53.4 Å². The molecule has 3 saturated heterocycles. The van der Waals surface area contributed by atoms with Gasteiger partial charge in [-0.25, -0.2) is 13.6 Å². The van der Waals surface area contributed by atoms with Gasteiger partial charge in [0, 0.05) is 30.5 Å². The number of carbonyl (C=O) groups excluding carboxylic acids is 1. The van der Waals surface area contributed by atoms with Gasteiger partial charge in [0.25, 0.3) is 0 Å². The first-order valence-corrected chi connectivity index (χ1v) is 15.3. The lowest BCUT2D eigenvalue weighted by atomic mass is 9.95. The van der Waals surface area contributed by atoms with E-state index in [9.17, 15) is 9.18 Å². The van der Waals surface area contributed by atoms with Crippen molar-refractivity contribution in [1.29, 1.82) is 0 Å². The fraction of sp³-hybridized carbons (Fsp3) is 0.621. The second kappa shape index (κ2) is 11.4. The van der Waals surface area contributed by atoms with E-state index in [1.807, 2.05) is 32.6 Å². The number of alkyl halides is 1. The summed E-state index contributed by atoms with van der Waals surface area (Å²) in [6.45, 7) is 13.7. The Kier molecular flexibility index (Phi) is 8.44. The van der Waals surface area contributed by atoms with Crippen molar-refractivity contribution in [3.8, 4) is 6.01 Å². The van der Waals surface area contributed by atoms with Gasteiger partial charge in [-0.3, -0.25) is 4.90 Å². The minimum Gasteiger partial charge on any atom is -0.461 e. The van der Waals surface area contributed by atoms with Crippen LogP contribution in [0, 0.1) is 5.82 Å². The number of rotatable bonds is 6. The van der Waals surface area contributed by atoms with E-state index in [1.165, 1.54) is 6.07 Å². The summed E-state index contributed by atoms with van der Waals surface area (Å²) >= 11 is 9.76. The monoisotopic (exact) mass is 655 g/mol. The van der Waals surface area contributed by atoms with E-state index in [0.29, 0.717) is 48.2 Å². The summed E-state index contributed by atoms with van der Waals surface area (Å²) in [5.41, 5.74) is -1.03. The zero-order valence-corrected chi connectivity index (χ0v) is 26.3. The van der Waals surface area contributed by atoms with Gasteiger partial charge in [0.2, 0.25) is 0 Å². The molecule has 8 nitrogen and oxygen atoms in total. The van der Waals surface area contributed by atoms with Crippen LogP contribution in [0.2, 0.25) is 5.02 Å². The van der Waals surface area contributed by atoms with Crippen LogP contribution in [-0.2, 0) is 4.74 Å². The van der Waals surface area contributed by atoms with E-state index in [0.717, 1.165) is 19.4 Å². The van der Waals surface area contributed by atoms with E-state index in [4.69, 9.17) is 26.1 Å². The molecule has 41 heavy (non-hydrogen) atoms. The van der Waals surface area contributed by atoms with Gasteiger partial charge in [-0.1, -0.05) is 24.6 Å². The van der Waals surface area contributed by atoms with E-state index >= 15 is 4.39 Å². The molecule has 1 amide bonds. The lowest BCUT2D eigenvalue weighted by molar-refractivity contribution is 0.0115. The molecule has 3 aliphatic rings. The highest BCUT2D eigenvalue weighted by Crippen LogP contribution is 2.42. The highest BCUT2D eigenvalue weighted by Gasteiger charge is 2.49. The average molecular weight is 657 g/mol. The van der Waals surface area contributed by atoms with Gasteiger partial charge < -0.3 is 19.3 Å². The van der Waals surface area contributed by atoms with Crippen LogP contribution < -0.4 is 9.64 Å². The quantitative estimate of drug-likeness (QED) is 0.259. The Morgan fingerprint density at radius 1 is 1.32 bits per heavy atom. The molecule has 4 heterocycles. The number of ether oxygens (including phenoxy) is 2. The second-order valence-electron chi connectivity index (χ2n) is 12.2. The van der Waals surface area contributed by atoms with Crippen LogP contribution in [-0.4, -0.2) is 88.0 Å². The van der Waals surface area contributed by atoms with Crippen molar-refractivity contribution in [2.45, 2.75) is 82.8 Å². The Bertz CT molecular complexity index is 1340. The first-order valence-electron chi connectivity index (χ1n) is 14.1. The Morgan fingerprint density at radius 2 is 2.07 bits per heavy atom. The van der Waals surface area contributed by atoms with Crippen molar-refractivity contribution in [2.75, 3.05) is 37.7 Å². The maximum Gasteiger partial charge on any atom is 0.410 e. The number of benzene rings is 1. The van der Waals surface area contributed by atoms with Gasteiger partial charge in [0.1, 0.15) is 29.7 Å². The number of fused-ring (bicyclic) bond motifs is 2. The molecule has 4 atom stereocenters. The van der Waals surface area contributed by atoms with Gasteiger partial charge in [0.05, 0.1) is 28.0 Å². The van der Waals surface area contributed by atoms with Crippen LogP contribution in [0.25, 0.3) is 10.9 Å². The zero-order valence-electron chi connectivity index (χ0n) is 23.9. The number of piperazine rings is 1. The summed E-state index contributed by atoms with van der Waals surface area (Å²) < 4.78 is 42.2. The van der Waals surface area contributed by atoms with Crippen molar-refractivity contribution in [1.82, 2.24) is 19.8 Å².